The van der Waals surface area contributed by atoms with Gasteiger partial charge in [-0.05, 0) is 30.3 Å². The van der Waals surface area contributed by atoms with Crippen LogP contribution in [0.25, 0.3) is 10.8 Å². The Morgan fingerprint density at radius 2 is 1.84 bits per heavy atom. The molecule has 0 unspecified atom stereocenters. The van der Waals surface area contributed by atoms with E-state index in [0.717, 1.165) is 10.6 Å². The number of carbonyl (C=O) groups is 1. The second-order valence-electron chi connectivity index (χ2n) is 5.38. The van der Waals surface area contributed by atoms with Crippen LogP contribution in [-0.2, 0) is 7.05 Å². The van der Waals surface area contributed by atoms with Gasteiger partial charge in [-0.25, -0.2) is 4.68 Å². The molecule has 0 spiro atoms. The fourth-order valence-corrected chi connectivity index (χ4v) is 3.31. The highest BCUT2D eigenvalue weighted by Crippen LogP contribution is 2.19. The van der Waals surface area contributed by atoms with Crippen molar-refractivity contribution in [2.45, 2.75) is 4.90 Å². The molecular weight excluding hydrogens is 358 g/mol. The monoisotopic (exact) mass is 373 g/mol. The van der Waals surface area contributed by atoms with Gasteiger partial charge in [-0.15, -0.1) is 11.8 Å². The maximum absolute atomic E-state index is 12.5. The van der Waals surface area contributed by atoms with E-state index < -0.39 is 0 Å². The number of aromatic nitrogens is 2. The van der Waals surface area contributed by atoms with Gasteiger partial charge in [0.2, 0.25) is 0 Å². The number of hydrogen-bond acceptors (Lipinski definition) is 4. The third-order valence-corrected chi connectivity index (χ3v) is 4.91. The molecule has 2 aromatic carbocycles. The quantitative estimate of drug-likeness (QED) is 0.551. The van der Waals surface area contributed by atoms with Gasteiger partial charge >= 0.3 is 0 Å². The SMILES string of the molecule is Cn1nc(C(=O)NCCSc2ccc(Cl)cc2)c2ccccc2c1=O. The van der Waals surface area contributed by atoms with Crippen LogP contribution in [0.15, 0.2) is 58.2 Å². The molecule has 128 valence electrons. The van der Waals surface area contributed by atoms with E-state index >= 15 is 0 Å². The Morgan fingerprint density at radius 1 is 1.16 bits per heavy atom. The first-order valence-electron chi connectivity index (χ1n) is 7.69. The molecule has 0 aliphatic carbocycles. The van der Waals surface area contributed by atoms with Crippen LogP contribution >= 0.6 is 23.4 Å². The van der Waals surface area contributed by atoms with Gasteiger partial charge in [0.1, 0.15) is 0 Å². The van der Waals surface area contributed by atoms with Crippen LogP contribution in [0.5, 0.6) is 0 Å². The number of hydrogen-bond donors (Lipinski definition) is 1. The van der Waals surface area contributed by atoms with E-state index in [1.54, 1.807) is 43.1 Å². The number of fused-ring (bicyclic) bond motifs is 1. The average Bonchev–Trinajstić information content (AvgIpc) is 2.63. The second-order valence-corrected chi connectivity index (χ2v) is 6.99. The molecule has 0 atom stereocenters. The second kappa shape index (κ2) is 7.72. The summed E-state index contributed by atoms with van der Waals surface area (Å²) in [6, 6.07) is 14.6. The molecule has 1 heterocycles. The molecule has 0 radical (unpaired) electrons. The molecule has 5 nitrogen and oxygen atoms in total. The lowest BCUT2D eigenvalue weighted by Crippen LogP contribution is -2.30. The predicted octanol–water partition coefficient (Wildman–Crippen LogP) is 3.11. The van der Waals surface area contributed by atoms with Gasteiger partial charge in [0.15, 0.2) is 5.69 Å². The Labute approximate surface area is 154 Å². The van der Waals surface area contributed by atoms with Crippen LogP contribution in [-0.4, -0.2) is 28.0 Å². The summed E-state index contributed by atoms with van der Waals surface area (Å²) in [5.41, 5.74) is 0.0413. The van der Waals surface area contributed by atoms with E-state index in [9.17, 15) is 9.59 Å². The molecule has 1 N–H and O–H groups in total. The first-order chi connectivity index (χ1) is 12.1. The van der Waals surface area contributed by atoms with Crippen molar-refractivity contribution in [3.63, 3.8) is 0 Å². The van der Waals surface area contributed by atoms with Crippen LogP contribution in [0, 0.1) is 0 Å². The molecule has 3 rings (SSSR count). The maximum atomic E-state index is 12.5. The molecule has 25 heavy (non-hydrogen) atoms. The highest BCUT2D eigenvalue weighted by Gasteiger charge is 2.14. The van der Waals surface area contributed by atoms with Crippen molar-refractivity contribution in [3.05, 3.63) is 69.6 Å². The van der Waals surface area contributed by atoms with Gasteiger partial charge < -0.3 is 5.32 Å². The smallest absolute Gasteiger partial charge is 0.274 e. The molecule has 0 aliphatic heterocycles. The minimum atomic E-state index is -0.288. The highest BCUT2D eigenvalue weighted by molar-refractivity contribution is 7.99. The summed E-state index contributed by atoms with van der Waals surface area (Å²) in [5.74, 6) is 0.431. The lowest BCUT2D eigenvalue weighted by atomic mass is 10.1. The number of aryl methyl sites for hydroxylation is 1. The van der Waals surface area contributed by atoms with Crippen molar-refractivity contribution < 1.29 is 4.79 Å². The summed E-state index contributed by atoms with van der Waals surface area (Å²) in [6.45, 7) is 0.491. The van der Waals surface area contributed by atoms with Crippen LogP contribution in [0.3, 0.4) is 0 Å². The molecule has 1 aromatic heterocycles. The highest BCUT2D eigenvalue weighted by atomic mass is 35.5. The number of carbonyl (C=O) groups excluding carboxylic acids is 1. The Balaban J connectivity index is 1.67. The Hall–Kier alpha value is -2.31. The van der Waals surface area contributed by atoms with Crippen LogP contribution < -0.4 is 10.9 Å². The van der Waals surface area contributed by atoms with E-state index in [-0.39, 0.29) is 17.2 Å². The third kappa shape index (κ3) is 4.03. The number of benzene rings is 2. The molecule has 0 bridgehead atoms. The number of amides is 1. The van der Waals surface area contributed by atoms with Crippen molar-refractivity contribution in [2.75, 3.05) is 12.3 Å². The molecule has 0 saturated heterocycles. The first kappa shape index (κ1) is 17.5. The summed E-state index contributed by atoms with van der Waals surface area (Å²) >= 11 is 7.48. The van der Waals surface area contributed by atoms with Crippen molar-refractivity contribution in [2.24, 2.45) is 7.05 Å². The zero-order chi connectivity index (χ0) is 17.8. The van der Waals surface area contributed by atoms with Crippen molar-refractivity contribution in [1.29, 1.82) is 0 Å². The van der Waals surface area contributed by atoms with Gasteiger partial charge in [-0.3, -0.25) is 9.59 Å². The van der Waals surface area contributed by atoms with Crippen LogP contribution in [0.4, 0.5) is 0 Å². The van der Waals surface area contributed by atoms with Gasteiger partial charge in [0, 0.05) is 34.6 Å². The standard InChI is InChI=1S/C18H16ClN3O2S/c1-22-18(24)15-5-3-2-4-14(15)16(21-22)17(23)20-10-11-25-13-8-6-12(19)7-9-13/h2-9H,10-11H2,1H3,(H,20,23). The number of rotatable bonds is 5. The summed E-state index contributed by atoms with van der Waals surface area (Å²) in [6.07, 6.45) is 0. The molecule has 1 amide bonds. The molecular formula is C18H16ClN3O2S. The Morgan fingerprint density at radius 3 is 2.56 bits per heavy atom. The molecule has 3 aromatic rings. The minimum Gasteiger partial charge on any atom is -0.350 e. The summed E-state index contributed by atoms with van der Waals surface area (Å²) in [4.78, 5) is 25.7. The molecule has 7 heteroatoms. The summed E-state index contributed by atoms with van der Waals surface area (Å²) in [7, 11) is 1.54. The first-order valence-corrected chi connectivity index (χ1v) is 9.05. The summed E-state index contributed by atoms with van der Waals surface area (Å²) in [5, 5.41) is 8.72. The van der Waals surface area contributed by atoms with E-state index in [1.807, 2.05) is 24.3 Å². The Bertz CT molecular complexity index is 970. The largest absolute Gasteiger partial charge is 0.350 e. The van der Waals surface area contributed by atoms with Crippen LogP contribution in [0.1, 0.15) is 10.5 Å². The normalized spacial score (nSPS) is 10.8. The van der Waals surface area contributed by atoms with Crippen molar-refractivity contribution in [1.82, 2.24) is 15.1 Å². The van der Waals surface area contributed by atoms with Gasteiger partial charge in [0.05, 0.1) is 5.39 Å². The number of nitrogens with one attached hydrogen (secondary N) is 1. The molecule has 0 fully saturated rings. The van der Waals surface area contributed by atoms with E-state index in [1.165, 1.54) is 4.68 Å². The number of thioether (sulfide) groups is 1. The number of halogens is 1. The lowest BCUT2D eigenvalue weighted by Gasteiger charge is -2.09. The van der Waals surface area contributed by atoms with E-state index in [0.29, 0.717) is 22.3 Å². The van der Waals surface area contributed by atoms with Crippen molar-refractivity contribution >= 4 is 40.0 Å². The number of nitrogens with zero attached hydrogens (tertiary/aromatic N) is 2. The molecule has 0 saturated carbocycles. The average molecular weight is 374 g/mol. The van der Waals surface area contributed by atoms with Crippen molar-refractivity contribution in [3.8, 4) is 0 Å². The van der Waals surface area contributed by atoms with E-state index in [4.69, 9.17) is 11.6 Å². The van der Waals surface area contributed by atoms with Gasteiger partial charge in [-0.1, -0.05) is 29.8 Å². The van der Waals surface area contributed by atoms with Crippen LogP contribution in [0.2, 0.25) is 5.02 Å². The maximum Gasteiger partial charge on any atom is 0.274 e. The summed E-state index contributed by atoms with van der Waals surface area (Å²) < 4.78 is 1.19. The lowest BCUT2D eigenvalue weighted by molar-refractivity contribution is 0.0951. The van der Waals surface area contributed by atoms with Gasteiger partial charge in [-0.2, -0.15) is 5.10 Å². The molecule has 0 aliphatic rings. The Kier molecular flexibility index (Phi) is 5.40. The van der Waals surface area contributed by atoms with Gasteiger partial charge in [0.25, 0.3) is 11.5 Å². The zero-order valence-corrected chi connectivity index (χ0v) is 15.1. The fourth-order valence-electron chi connectivity index (χ4n) is 2.42. The fraction of sp³-hybridized carbons (Fsp3) is 0.167. The minimum absolute atomic E-state index is 0.217. The van der Waals surface area contributed by atoms with E-state index in [2.05, 4.69) is 10.4 Å². The third-order valence-electron chi connectivity index (χ3n) is 3.64. The zero-order valence-electron chi connectivity index (χ0n) is 13.5. The predicted molar refractivity (Wildman–Crippen MR) is 101 cm³/mol. The topological polar surface area (TPSA) is 64.0 Å².